The first-order valence-corrected chi connectivity index (χ1v) is 5.79. The normalized spacial score (nSPS) is 13.7. The molecule has 2 unspecified atom stereocenters. The minimum Gasteiger partial charge on any atom is -0.469 e. The molecule has 18 heavy (non-hydrogen) atoms. The lowest BCUT2D eigenvalue weighted by Gasteiger charge is -2.17. The Kier molecular flexibility index (Phi) is 5.09. The number of carbonyl (C=O) groups excluding carboxylic acids is 1. The molecule has 0 saturated carbocycles. The van der Waals surface area contributed by atoms with Gasteiger partial charge in [-0.2, -0.15) is 0 Å². The number of nitrogens with zero attached hydrogens (tertiary/aromatic N) is 1. The van der Waals surface area contributed by atoms with Crippen molar-refractivity contribution in [3.63, 3.8) is 0 Å². The van der Waals surface area contributed by atoms with Crippen molar-refractivity contribution in [3.8, 4) is 0 Å². The number of ether oxygens (including phenoxy) is 1. The lowest BCUT2D eigenvalue weighted by atomic mass is 9.90. The number of rotatable bonds is 5. The van der Waals surface area contributed by atoms with Gasteiger partial charge in [-0.1, -0.05) is 23.7 Å². The molecule has 0 radical (unpaired) electrons. The fourth-order valence-corrected chi connectivity index (χ4v) is 1.81. The van der Waals surface area contributed by atoms with Crippen molar-refractivity contribution in [2.75, 3.05) is 7.11 Å². The molecule has 0 N–H and O–H groups in total. The van der Waals surface area contributed by atoms with Gasteiger partial charge < -0.3 is 4.74 Å². The van der Waals surface area contributed by atoms with Crippen LogP contribution in [-0.2, 0) is 9.53 Å². The number of hydrogen-bond donors (Lipinski definition) is 0. The predicted molar refractivity (Wildman–Crippen MR) is 67.3 cm³/mol. The van der Waals surface area contributed by atoms with Gasteiger partial charge in [0, 0.05) is 16.9 Å². The molecule has 0 fully saturated rings. The van der Waals surface area contributed by atoms with E-state index in [-0.39, 0.29) is 6.42 Å². The van der Waals surface area contributed by atoms with Gasteiger partial charge in [-0.05, 0) is 17.7 Å². The van der Waals surface area contributed by atoms with Crippen molar-refractivity contribution < 1.29 is 14.5 Å². The van der Waals surface area contributed by atoms with Crippen LogP contribution < -0.4 is 0 Å². The van der Waals surface area contributed by atoms with Crippen molar-refractivity contribution in [3.05, 3.63) is 45.0 Å². The second-order valence-electron chi connectivity index (χ2n) is 3.96. The van der Waals surface area contributed by atoms with Crippen LogP contribution in [0.3, 0.4) is 0 Å². The number of halogens is 1. The molecule has 0 aliphatic carbocycles. The van der Waals surface area contributed by atoms with Crippen molar-refractivity contribution in [1.82, 2.24) is 0 Å². The third-order valence-electron chi connectivity index (χ3n) is 2.83. The van der Waals surface area contributed by atoms with Crippen molar-refractivity contribution in [2.45, 2.75) is 25.3 Å². The van der Waals surface area contributed by atoms with E-state index in [4.69, 9.17) is 11.6 Å². The van der Waals surface area contributed by atoms with E-state index in [1.165, 1.54) is 14.0 Å². The Labute approximate surface area is 110 Å². The van der Waals surface area contributed by atoms with Crippen LogP contribution in [0.1, 0.15) is 24.8 Å². The molecule has 98 valence electrons. The summed E-state index contributed by atoms with van der Waals surface area (Å²) >= 11 is 5.77. The van der Waals surface area contributed by atoms with Gasteiger partial charge in [-0.25, -0.2) is 0 Å². The van der Waals surface area contributed by atoms with Crippen molar-refractivity contribution >= 4 is 17.6 Å². The first kappa shape index (κ1) is 14.4. The molecular weight excluding hydrogens is 258 g/mol. The van der Waals surface area contributed by atoms with Gasteiger partial charge in [0.15, 0.2) is 0 Å². The van der Waals surface area contributed by atoms with Crippen LogP contribution in [0.2, 0.25) is 5.02 Å². The van der Waals surface area contributed by atoms with E-state index in [0.717, 1.165) is 0 Å². The van der Waals surface area contributed by atoms with Crippen molar-refractivity contribution in [2.24, 2.45) is 0 Å². The van der Waals surface area contributed by atoms with Crippen molar-refractivity contribution in [1.29, 1.82) is 0 Å². The number of methoxy groups -OCH3 is 1. The molecule has 2 atom stereocenters. The maximum absolute atomic E-state index is 11.3. The summed E-state index contributed by atoms with van der Waals surface area (Å²) in [7, 11) is 1.26. The van der Waals surface area contributed by atoms with Gasteiger partial charge in [0.1, 0.15) is 0 Å². The van der Waals surface area contributed by atoms with Crippen LogP contribution in [0.15, 0.2) is 24.3 Å². The molecular formula is C12H14ClNO4. The average Bonchev–Trinajstić information content (AvgIpc) is 2.36. The fraction of sp³-hybridized carbons (Fsp3) is 0.417. The summed E-state index contributed by atoms with van der Waals surface area (Å²) in [5.74, 6) is -0.992. The molecule has 6 heteroatoms. The Hall–Kier alpha value is -1.62. The van der Waals surface area contributed by atoms with Gasteiger partial charge in [0.25, 0.3) is 0 Å². The minimum absolute atomic E-state index is 0.0275. The zero-order valence-corrected chi connectivity index (χ0v) is 10.9. The van der Waals surface area contributed by atoms with E-state index in [0.29, 0.717) is 10.6 Å². The van der Waals surface area contributed by atoms with Crippen LogP contribution in [0, 0.1) is 10.1 Å². The third-order valence-corrected chi connectivity index (χ3v) is 3.08. The molecule has 0 aliphatic heterocycles. The second kappa shape index (κ2) is 6.35. The lowest BCUT2D eigenvalue weighted by molar-refractivity contribution is -0.522. The molecule has 0 bridgehead atoms. The first-order valence-electron chi connectivity index (χ1n) is 5.41. The van der Waals surface area contributed by atoms with E-state index in [1.54, 1.807) is 24.3 Å². The first-order chi connectivity index (χ1) is 8.45. The lowest BCUT2D eigenvalue weighted by Crippen LogP contribution is -2.26. The fourth-order valence-electron chi connectivity index (χ4n) is 1.69. The van der Waals surface area contributed by atoms with Crippen LogP contribution in [-0.4, -0.2) is 24.0 Å². The molecule has 1 aromatic carbocycles. The summed E-state index contributed by atoms with van der Waals surface area (Å²) in [5, 5.41) is 11.4. The molecule has 1 aromatic rings. The van der Waals surface area contributed by atoms with Gasteiger partial charge >= 0.3 is 5.97 Å². The zero-order valence-electron chi connectivity index (χ0n) is 10.1. The molecule has 0 aromatic heterocycles. The van der Waals surface area contributed by atoms with E-state index in [1.807, 2.05) is 0 Å². The molecule has 0 spiro atoms. The zero-order chi connectivity index (χ0) is 13.7. The summed E-state index contributed by atoms with van der Waals surface area (Å²) in [6.45, 7) is 1.47. The molecule has 0 amide bonds. The maximum Gasteiger partial charge on any atom is 0.306 e. The smallest absolute Gasteiger partial charge is 0.306 e. The van der Waals surface area contributed by atoms with Crippen LogP contribution in [0.25, 0.3) is 0 Å². The Morgan fingerprint density at radius 2 is 2.00 bits per heavy atom. The summed E-state index contributed by atoms with van der Waals surface area (Å²) in [4.78, 5) is 21.8. The van der Waals surface area contributed by atoms with E-state index >= 15 is 0 Å². The largest absolute Gasteiger partial charge is 0.469 e. The Morgan fingerprint density at radius 1 is 1.44 bits per heavy atom. The highest BCUT2D eigenvalue weighted by molar-refractivity contribution is 6.30. The third kappa shape index (κ3) is 3.70. The van der Waals surface area contributed by atoms with Gasteiger partial charge in [-0.3, -0.25) is 14.9 Å². The molecule has 0 heterocycles. The Bertz CT molecular complexity index is 432. The average molecular weight is 272 g/mol. The number of carbonyl (C=O) groups is 1. The summed E-state index contributed by atoms with van der Waals surface area (Å²) in [6.07, 6.45) is -0.0275. The predicted octanol–water partition coefficient (Wildman–Crippen LogP) is 2.65. The topological polar surface area (TPSA) is 69.4 Å². The van der Waals surface area contributed by atoms with Gasteiger partial charge in [-0.15, -0.1) is 0 Å². The summed E-state index contributed by atoms with van der Waals surface area (Å²) < 4.78 is 4.57. The standard InChI is InChI=1S/C12H14ClNO4/c1-8(14(16)17)11(7-12(15)18-2)9-3-5-10(13)6-4-9/h3-6,8,11H,7H2,1-2H3. The molecule has 0 saturated heterocycles. The summed E-state index contributed by atoms with van der Waals surface area (Å²) in [5.41, 5.74) is 0.703. The quantitative estimate of drug-likeness (QED) is 0.469. The highest BCUT2D eigenvalue weighted by Gasteiger charge is 2.30. The van der Waals surface area contributed by atoms with E-state index in [2.05, 4.69) is 4.74 Å². The van der Waals surface area contributed by atoms with Gasteiger partial charge in [0.05, 0.1) is 19.4 Å². The number of benzene rings is 1. The van der Waals surface area contributed by atoms with Crippen LogP contribution >= 0.6 is 11.6 Å². The number of hydrogen-bond acceptors (Lipinski definition) is 4. The van der Waals surface area contributed by atoms with E-state index < -0.39 is 22.9 Å². The van der Waals surface area contributed by atoms with Gasteiger partial charge in [0.2, 0.25) is 6.04 Å². The number of nitro groups is 1. The molecule has 0 aliphatic rings. The number of esters is 1. The SMILES string of the molecule is COC(=O)CC(c1ccc(Cl)cc1)C(C)[N+](=O)[O-]. The highest BCUT2D eigenvalue weighted by atomic mass is 35.5. The minimum atomic E-state index is -0.870. The Balaban J connectivity index is 2.99. The monoisotopic (exact) mass is 271 g/mol. The highest BCUT2D eigenvalue weighted by Crippen LogP contribution is 2.26. The van der Waals surface area contributed by atoms with Crippen LogP contribution in [0.5, 0.6) is 0 Å². The van der Waals surface area contributed by atoms with Crippen LogP contribution in [0.4, 0.5) is 0 Å². The summed E-state index contributed by atoms with van der Waals surface area (Å²) in [6, 6.07) is 5.80. The second-order valence-corrected chi connectivity index (χ2v) is 4.40. The Morgan fingerprint density at radius 3 is 2.44 bits per heavy atom. The molecule has 1 rings (SSSR count). The van der Waals surface area contributed by atoms with E-state index in [9.17, 15) is 14.9 Å². The maximum atomic E-state index is 11.3. The molecule has 5 nitrogen and oxygen atoms in total.